The van der Waals surface area contributed by atoms with Crippen LogP contribution in [0.2, 0.25) is 0 Å². The van der Waals surface area contributed by atoms with Crippen molar-refractivity contribution in [2.24, 2.45) is 23.7 Å². The first-order chi connectivity index (χ1) is 15.4. The third-order valence-electron chi connectivity index (χ3n) is 6.41. The lowest BCUT2D eigenvalue weighted by atomic mass is 9.69. The van der Waals surface area contributed by atoms with E-state index in [1.165, 1.54) is 11.8 Å². The van der Waals surface area contributed by atoms with Gasteiger partial charge in [0, 0.05) is 19.5 Å². The Balaban J connectivity index is 1.55. The van der Waals surface area contributed by atoms with Crippen LogP contribution in [0.25, 0.3) is 0 Å². The van der Waals surface area contributed by atoms with Crippen LogP contribution in [0.4, 0.5) is 0 Å². The number of hydrogen-bond donors (Lipinski definition) is 2. The van der Waals surface area contributed by atoms with E-state index in [1.54, 1.807) is 19.2 Å². The van der Waals surface area contributed by atoms with Gasteiger partial charge in [-0.3, -0.25) is 9.59 Å². The number of allylic oxidation sites excluding steroid dienone is 1. The largest absolute Gasteiger partial charge is 0.497 e. The Morgan fingerprint density at radius 2 is 1.91 bits per heavy atom. The summed E-state index contributed by atoms with van der Waals surface area (Å²) >= 11 is 0. The summed E-state index contributed by atoms with van der Waals surface area (Å²) in [6.07, 6.45) is 5.17. The average molecular weight is 439 g/mol. The molecule has 3 unspecified atom stereocenters. The fourth-order valence-electron chi connectivity index (χ4n) is 4.45. The van der Waals surface area contributed by atoms with E-state index in [4.69, 9.17) is 9.15 Å². The fourth-order valence-corrected chi connectivity index (χ4v) is 4.45. The lowest BCUT2D eigenvalue weighted by Gasteiger charge is -2.37. The molecule has 0 aliphatic heterocycles. The van der Waals surface area contributed by atoms with Crippen LogP contribution in [0, 0.1) is 23.7 Å². The number of rotatable bonds is 9. The molecular weight excluding hydrogens is 404 g/mol. The molecule has 172 valence electrons. The molecule has 1 aliphatic carbocycles. The van der Waals surface area contributed by atoms with Crippen molar-refractivity contribution in [3.8, 4) is 5.75 Å². The highest BCUT2D eigenvalue weighted by atomic mass is 16.5. The van der Waals surface area contributed by atoms with Crippen LogP contribution in [0.5, 0.6) is 5.75 Å². The second kappa shape index (κ2) is 11.0. The van der Waals surface area contributed by atoms with Gasteiger partial charge >= 0.3 is 0 Å². The first-order valence-electron chi connectivity index (χ1n) is 11.3. The van der Waals surface area contributed by atoms with Gasteiger partial charge in [0.05, 0.1) is 13.4 Å². The molecule has 3 atom stereocenters. The molecular formula is C26H34N2O4. The van der Waals surface area contributed by atoms with E-state index in [0.717, 1.165) is 17.7 Å². The number of furan rings is 1. The van der Waals surface area contributed by atoms with Crippen molar-refractivity contribution in [1.29, 1.82) is 0 Å². The lowest BCUT2D eigenvalue weighted by molar-refractivity contribution is -0.122. The molecule has 3 rings (SSSR count). The summed E-state index contributed by atoms with van der Waals surface area (Å²) < 4.78 is 10.4. The van der Waals surface area contributed by atoms with E-state index in [-0.39, 0.29) is 23.7 Å². The van der Waals surface area contributed by atoms with E-state index < -0.39 is 0 Å². The molecule has 2 aromatic rings. The topological polar surface area (TPSA) is 80.6 Å². The van der Waals surface area contributed by atoms with E-state index in [0.29, 0.717) is 37.1 Å². The maximum absolute atomic E-state index is 12.6. The average Bonchev–Trinajstić information content (AvgIpc) is 3.33. The Kier molecular flexibility index (Phi) is 8.14. The van der Waals surface area contributed by atoms with Crippen LogP contribution in [0.1, 0.15) is 49.7 Å². The number of amides is 2. The van der Waals surface area contributed by atoms with Gasteiger partial charge in [-0.2, -0.15) is 0 Å². The minimum absolute atomic E-state index is 0.0608. The molecule has 0 saturated heterocycles. The standard InChI is InChI=1S/C26H34N2O4/c1-17(2)23-13-20(14-25(29)27-15-19-7-9-22(31-4)10-8-19)18(3)12-21(23)16-28-26(30)24-6-5-11-32-24/h5-12,17,20-21,23H,13-16H2,1-4H3,(H,27,29)(H,28,30). The summed E-state index contributed by atoms with van der Waals surface area (Å²) in [4.78, 5) is 24.9. The zero-order valence-electron chi connectivity index (χ0n) is 19.4. The van der Waals surface area contributed by atoms with Gasteiger partial charge < -0.3 is 19.8 Å². The molecule has 1 aliphatic rings. The first kappa shape index (κ1) is 23.6. The number of nitrogens with one attached hydrogen (secondary N) is 2. The Labute approximate surface area is 190 Å². The van der Waals surface area contributed by atoms with Crippen LogP contribution in [0.3, 0.4) is 0 Å². The summed E-state index contributed by atoms with van der Waals surface area (Å²) in [6.45, 7) is 7.59. The zero-order valence-corrected chi connectivity index (χ0v) is 19.4. The monoisotopic (exact) mass is 438 g/mol. The van der Waals surface area contributed by atoms with Crippen molar-refractivity contribution < 1.29 is 18.7 Å². The fraction of sp³-hybridized carbons (Fsp3) is 0.462. The zero-order chi connectivity index (χ0) is 23.1. The number of carbonyl (C=O) groups excluding carboxylic acids is 2. The number of ether oxygens (including phenoxy) is 1. The molecule has 1 aromatic carbocycles. The molecule has 2 amide bonds. The molecule has 0 saturated carbocycles. The van der Waals surface area contributed by atoms with Gasteiger partial charge in [0.1, 0.15) is 5.75 Å². The summed E-state index contributed by atoms with van der Waals surface area (Å²) in [5.74, 6) is 2.31. The molecule has 0 spiro atoms. The van der Waals surface area contributed by atoms with Gasteiger partial charge in [-0.1, -0.05) is 37.6 Å². The van der Waals surface area contributed by atoms with Gasteiger partial charge in [-0.15, -0.1) is 0 Å². The van der Waals surface area contributed by atoms with E-state index >= 15 is 0 Å². The second-order valence-corrected chi connectivity index (χ2v) is 8.93. The van der Waals surface area contributed by atoms with Crippen molar-refractivity contribution in [2.45, 2.75) is 40.2 Å². The summed E-state index contributed by atoms with van der Waals surface area (Å²) in [6, 6.07) is 11.1. The maximum Gasteiger partial charge on any atom is 0.286 e. The number of benzene rings is 1. The van der Waals surface area contributed by atoms with Gasteiger partial charge in [0.2, 0.25) is 5.91 Å². The number of carbonyl (C=O) groups is 2. The van der Waals surface area contributed by atoms with Crippen molar-refractivity contribution in [3.63, 3.8) is 0 Å². The smallest absolute Gasteiger partial charge is 0.286 e. The van der Waals surface area contributed by atoms with Gasteiger partial charge in [-0.25, -0.2) is 0 Å². The highest BCUT2D eigenvalue weighted by Crippen LogP contribution is 2.38. The third kappa shape index (κ3) is 6.25. The van der Waals surface area contributed by atoms with Crippen LogP contribution >= 0.6 is 0 Å². The quantitative estimate of drug-likeness (QED) is 0.562. The summed E-state index contributed by atoms with van der Waals surface area (Å²) in [7, 11) is 1.64. The Morgan fingerprint density at radius 1 is 1.16 bits per heavy atom. The van der Waals surface area contributed by atoms with E-state index in [9.17, 15) is 9.59 Å². The first-order valence-corrected chi connectivity index (χ1v) is 11.3. The van der Waals surface area contributed by atoms with Crippen LogP contribution < -0.4 is 15.4 Å². The predicted molar refractivity (Wildman–Crippen MR) is 124 cm³/mol. The Morgan fingerprint density at radius 3 is 2.53 bits per heavy atom. The normalized spacial score (nSPS) is 20.5. The molecule has 0 radical (unpaired) electrons. The molecule has 6 heteroatoms. The van der Waals surface area contributed by atoms with Crippen molar-refractivity contribution in [3.05, 3.63) is 65.6 Å². The molecule has 0 fully saturated rings. The molecule has 6 nitrogen and oxygen atoms in total. The van der Waals surface area contributed by atoms with Crippen molar-refractivity contribution in [2.75, 3.05) is 13.7 Å². The minimum Gasteiger partial charge on any atom is -0.497 e. The van der Waals surface area contributed by atoms with Gasteiger partial charge in [0.15, 0.2) is 5.76 Å². The minimum atomic E-state index is -0.191. The lowest BCUT2D eigenvalue weighted by Crippen LogP contribution is -2.37. The van der Waals surface area contributed by atoms with Gasteiger partial charge in [-0.05, 0) is 66.8 Å². The highest BCUT2D eigenvalue weighted by molar-refractivity contribution is 5.91. The Bertz CT molecular complexity index is 916. The highest BCUT2D eigenvalue weighted by Gasteiger charge is 2.32. The number of hydrogen-bond acceptors (Lipinski definition) is 4. The second-order valence-electron chi connectivity index (χ2n) is 8.93. The SMILES string of the molecule is COc1ccc(CNC(=O)CC2CC(C(C)C)C(CNC(=O)c3ccco3)C=C2C)cc1. The molecule has 2 N–H and O–H groups in total. The summed E-state index contributed by atoms with van der Waals surface area (Å²) in [5.41, 5.74) is 2.27. The van der Waals surface area contributed by atoms with Gasteiger partial charge in [0.25, 0.3) is 5.91 Å². The predicted octanol–water partition coefficient (Wildman–Crippen LogP) is 4.58. The van der Waals surface area contributed by atoms with E-state index in [1.807, 2.05) is 24.3 Å². The molecule has 1 heterocycles. The third-order valence-corrected chi connectivity index (χ3v) is 6.41. The van der Waals surface area contributed by atoms with Crippen molar-refractivity contribution in [1.82, 2.24) is 10.6 Å². The molecule has 32 heavy (non-hydrogen) atoms. The van der Waals surface area contributed by atoms with Crippen LogP contribution in [-0.4, -0.2) is 25.5 Å². The molecule has 1 aromatic heterocycles. The van der Waals surface area contributed by atoms with Crippen LogP contribution in [0.15, 0.2) is 58.7 Å². The molecule has 0 bridgehead atoms. The maximum atomic E-state index is 12.6. The Hall–Kier alpha value is -3.02. The number of methoxy groups -OCH3 is 1. The summed E-state index contributed by atoms with van der Waals surface area (Å²) in [5, 5.41) is 6.04. The van der Waals surface area contributed by atoms with Crippen molar-refractivity contribution >= 4 is 11.8 Å². The van der Waals surface area contributed by atoms with Crippen LogP contribution in [-0.2, 0) is 11.3 Å². The van der Waals surface area contributed by atoms with E-state index in [2.05, 4.69) is 37.5 Å².